The highest BCUT2D eigenvalue weighted by molar-refractivity contribution is 5.21. The number of benzene rings is 1. The molecule has 25 heavy (non-hydrogen) atoms. The highest BCUT2D eigenvalue weighted by atomic mass is 16.5. The van der Waals surface area contributed by atoms with Crippen LogP contribution in [0.1, 0.15) is 42.4 Å². The lowest BCUT2D eigenvalue weighted by molar-refractivity contribution is 0.00747. The fourth-order valence-electron chi connectivity index (χ4n) is 3.04. The van der Waals surface area contributed by atoms with Crippen molar-refractivity contribution in [2.75, 3.05) is 19.7 Å². The second kappa shape index (κ2) is 8.52. The van der Waals surface area contributed by atoms with Gasteiger partial charge in [0.05, 0.1) is 25.0 Å². The molecule has 1 aliphatic rings. The molecule has 1 aliphatic heterocycles. The van der Waals surface area contributed by atoms with E-state index in [1.54, 1.807) is 0 Å². The molecule has 134 valence electrons. The number of aliphatic hydroxyl groups is 1. The number of rotatable bonds is 7. The van der Waals surface area contributed by atoms with E-state index in [1.165, 1.54) is 5.56 Å². The zero-order valence-corrected chi connectivity index (χ0v) is 15.1. The van der Waals surface area contributed by atoms with Crippen LogP contribution in [0, 0.1) is 0 Å². The van der Waals surface area contributed by atoms with Gasteiger partial charge in [0.1, 0.15) is 5.82 Å². The van der Waals surface area contributed by atoms with Gasteiger partial charge in [-0.3, -0.25) is 4.90 Å². The molecule has 1 aromatic carbocycles. The molecule has 2 heterocycles. The van der Waals surface area contributed by atoms with Gasteiger partial charge in [-0.1, -0.05) is 44.2 Å². The number of ether oxygens (including phenoxy) is 1. The van der Waals surface area contributed by atoms with E-state index in [2.05, 4.69) is 23.7 Å². The normalized spacial score (nSPS) is 16.0. The van der Waals surface area contributed by atoms with Gasteiger partial charge in [-0.25, -0.2) is 9.97 Å². The first kappa shape index (κ1) is 18.0. The maximum Gasteiger partial charge on any atom is 0.131 e. The van der Waals surface area contributed by atoms with Crippen LogP contribution in [0.2, 0.25) is 0 Å². The summed E-state index contributed by atoms with van der Waals surface area (Å²) in [6.45, 7) is 7.40. The Labute approximate surface area is 149 Å². The molecule has 0 aliphatic carbocycles. The number of aliphatic hydroxyl groups excluding tert-OH is 1. The minimum atomic E-state index is -0.489. The Morgan fingerprint density at radius 3 is 2.80 bits per heavy atom. The molecule has 5 heteroatoms. The van der Waals surface area contributed by atoms with Gasteiger partial charge in [0.15, 0.2) is 0 Å². The van der Waals surface area contributed by atoms with Crippen molar-refractivity contribution in [3.05, 3.63) is 59.2 Å². The highest BCUT2D eigenvalue weighted by Crippen LogP contribution is 2.19. The van der Waals surface area contributed by atoms with Crippen molar-refractivity contribution in [3.8, 4) is 0 Å². The van der Waals surface area contributed by atoms with Gasteiger partial charge in [-0.2, -0.15) is 0 Å². The van der Waals surface area contributed by atoms with Gasteiger partial charge in [-0.15, -0.1) is 0 Å². The van der Waals surface area contributed by atoms with Crippen LogP contribution in [0.15, 0.2) is 36.5 Å². The number of nitrogens with zero attached hydrogens (tertiary/aromatic N) is 3. The van der Waals surface area contributed by atoms with E-state index in [4.69, 9.17) is 9.72 Å². The van der Waals surface area contributed by atoms with Crippen LogP contribution in [0.25, 0.3) is 0 Å². The maximum atomic E-state index is 10.3. The predicted octanol–water partition coefficient (Wildman–Crippen LogP) is 2.54. The van der Waals surface area contributed by atoms with Crippen molar-refractivity contribution in [1.29, 1.82) is 0 Å². The molecule has 0 spiro atoms. The van der Waals surface area contributed by atoms with Gasteiger partial charge in [0, 0.05) is 31.7 Å². The fraction of sp³-hybridized carbons (Fsp3) is 0.500. The van der Waals surface area contributed by atoms with Crippen molar-refractivity contribution in [1.82, 2.24) is 14.9 Å². The summed E-state index contributed by atoms with van der Waals surface area (Å²) in [6, 6.07) is 10.0. The summed E-state index contributed by atoms with van der Waals surface area (Å²) in [4.78, 5) is 11.4. The maximum absolute atomic E-state index is 10.3. The summed E-state index contributed by atoms with van der Waals surface area (Å²) in [7, 11) is 0. The van der Waals surface area contributed by atoms with Crippen molar-refractivity contribution in [2.45, 2.75) is 45.4 Å². The van der Waals surface area contributed by atoms with E-state index in [0.29, 0.717) is 25.7 Å². The molecule has 1 N–H and O–H groups in total. The molecule has 0 saturated heterocycles. The third kappa shape index (κ3) is 5.08. The van der Waals surface area contributed by atoms with Crippen LogP contribution >= 0.6 is 0 Å². The van der Waals surface area contributed by atoms with E-state index in [-0.39, 0.29) is 0 Å². The molecule has 0 fully saturated rings. The third-order valence-corrected chi connectivity index (χ3v) is 4.45. The van der Waals surface area contributed by atoms with Crippen LogP contribution in [0.5, 0.6) is 0 Å². The number of fused-ring (bicyclic) bond motifs is 1. The smallest absolute Gasteiger partial charge is 0.131 e. The second-order valence-electron chi connectivity index (χ2n) is 6.99. The summed E-state index contributed by atoms with van der Waals surface area (Å²) in [5.74, 6) is 1.23. The molecule has 1 atom stereocenters. The minimum absolute atomic E-state index is 0.331. The van der Waals surface area contributed by atoms with Crippen LogP contribution in [-0.2, 0) is 24.3 Å². The average molecular weight is 341 g/mol. The Morgan fingerprint density at radius 1 is 1.24 bits per heavy atom. The highest BCUT2D eigenvalue weighted by Gasteiger charge is 2.21. The van der Waals surface area contributed by atoms with Gasteiger partial charge >= 0.3 is 0 Å². The van der Waals surface area contributed by atoms with Crippen LogP contribution < -0.4 is 0 Å². The van der Waals surface area contributed by atoms with E-state index in [1.807, 2.05) is 36.5 Å². The van der Waals surface area contributed by atoms with Gasteiger partial charge in [0.2, 0.25) is 0 Å². The first-order valence-electron chi connectivity index (χ1n) is 8.98. The third-order valence-electron chi connectivity index (χ3n) is 4.45. The summed E-state index contributed by atoms with van der Waals surface area (Å²) in [5, 5.41) is 10.3. The molecule has 5 nitrogen and oxygen atoms in total. The number of β-amino-alcohol motifs (C(OH)–C–C–N with tert-alkyl or cyclic N) is 1. The average Bonchev–Trinajstić information content (AvgIpc) is 2.62. The predicted molar refractivity (Wildman–Crippen MR) is 97.2 cm³/mol. The molecule has 0 saturated carbocycles. The van der Waals surface area contributed by atoms with Crippen LogP contribution in [0.3, 0.4) is 0 Å². The Kier molecular flexibility index (Phi) is 6.13. The molecule has 0 bridgehead atoms. The Morgan fingerprint density at radius 2 is 2.04 bits per heavy atom. The lowest BCUT2D eigenvalue weighted by atomic mass is 10.1. The molecule has 2 aromatic rings. The zero-order chi connectivity index (χ0) is 17.6. The van der Waals surface area contributed by atoms with Crippen molar-refractivity contribution in [2.24, 2.45) is 0 Å². The van der Waals surface area contributed by atoms with E-state index in [9.17, 15) is 5.11 Å². The van der Waals surface area contributed by atoms with Gasteiger partial charge in [0.25, 0.3) is 0 Å². The van der Waals surface area contributed by atoms with Crippen molar-refractivity contribution in [3.63, 3.8) is 0 Å². The molecule has 0 unspecified atom stereocenters. The molecule has 0 radical (unpaired) electrons. The largest absolute Gasteiger partial charge is 0.389 e. The molecular formula is C20H27N3O2. The summed E-state index contributed by atoms with van der Waals surface area (Å²) < 4.78 is 5.64. The molecule has 3 rings (SSSR count). The summed E-state index contributed by atoms with van der Waals surface area (Å²) >= 11 is 0. The van der Waals surface area contributed by atoms with E-state index in [0.717, 1.165) is 36.6 Å². The number of hydrogen-bond acceptors (Lipinski definition) is 5. The van der Waals surface area contributed by atoms with Gasteiger partial charge < -0.3 is 9.84 Å². The Hall–Kier alpha value is -1.82. The number of hydrogen-bond donors (Lipinski definition) is 1. The molecule has 0 amide bonds. The Balaban J connectivity index is 1.48. The first-order valence-corrected chi connectivity index (χ1v) is 8.98. The lowest BCUT2D eigenvalue weighted by Crippen LogP contribution is -2.39. The summed E-state index contributed by atoms with van der Waals surface area (Å²) in [5.41, 5.74) is 3.46. The van der Waals surface area contributed by atoms with Crippen LogP contribution in [0.4, 0.5) is 0 Å². The first-order chi connectivity index (χ1) is 12.1. The zero-order valence-electron chi connectivity index (χ0n) is 15.1. The monoisotopic (exact) mass is 341 g/mol. The Bertz CT molecular complexity index is 676. The molecule has 1 aromatic heterocycles. The second-order valence-corrected chi connectivity index (χ2v) is 6.99. The van der Waals surface area contributed by atoms with Crippen molar-refractivity contribution < 1.29 is 9.84 Å². The van der Waals surface area contributed by atoms with E-state index < -0.39 is 6.10 Å². The quantitative estimate of drug-likeness (QED) is 0.839. The van der Waals surface area contributed by atoms with Crippen molar-refractivity contribution >= 4 is 0 Å². The topological polar surface area (TPSA) is 58.5 Å². The molecular weight excluding hydrogens is 314 g/mol. The van der Waals surface area contributed by atoms with E-state index >= 15 is 0 Å². The SMILES string of the molecule is CC(C)c1ncc2c(n1)CN(C[C@H](O)COCc1ccccc1)CC2. The van der Waals surface area contributed by atoms with Gasteiger partial charge in [-0.05, 0) is 17.5 Å². The number of aromatic nitrogens is 2. The lowest BCUT2D eigenvalue weighted by Gasteiger charge is -2.29. The standard InChI is InChI=1S/C20H27N3O2/c1-15(2)20-21-10-17-8-9-23(12-19(17)22-20)11-18(24)14-25-13-16-6-4-3-5-7-16/h3-7,10,15,18,24H,8-9,11-14H2,1-2H3/t18-/m0/s1. The minimum Gasteiger partial charge on any atom is -0.389 e. The summed E-state index contributed by atoms with van der Waals surface area (Å²) in [6.07, 6.45) is 2.41. The fourth-order valence-corrected chi connectivity index (χ4v) is 3.04. The van der Waals surface area contributed by atoms with Crippen LogP contribution in [-0.4, -0.2) is 45.8 Å².